The Balaban J connectivity index is 1.84. The summed E-state index contributed by atoms with van der Waals surface area (Å²) in [4.78, 5) is 14.7. The average molecular weight is 413 g/mol. The minimum absolute atomic E-state index is 0.113. The van der Waals surface area contributed by atoms with Gasteiger partial charge in [-0.2, -0.15) is 4.31 Å². The number of amides is 1. The lowest BCUT2D eigenvalue weighted by molar-refractivity contribution is -0.118. The molecule has 0 aliphatic heterocycles. The molecule has 0 saturated heterocycles. The van der Waals surface area contributed by atoms with Crippen molar-refractivity contribution in [1.82, 2.24) is 4.31 Å². The maximum atomic E-state index is 13.0. The second kappa shape index (κ2) is 8.63. The fraction of sp³-hybridized carbons (Fsp3) is 0.227. The second-order valence-corrected chi connectivity index (χ2v) is 8.62. The molecule has 0 aromatic heterocycles. The number of anilines is 1. The number of carbonyl (C=O) groups is 1. The molecular weight excluding hydrogens is 388 g/mol. The third-order valence-electron chi connectivity index (χ3n) is 4.80. The summed E-state index contributed by atoms with van der Waals surface area (Å²) in [7, 11) is -0.869. The lowest BCUT2D eigenvalue weighted by Crippen LogP contribution is -2.41. The van der Waals surface area contributed by atoms with E-state index in [0.29, 0.717) is 12.3 Å². The van der Waals surface area contributed by atoms with Crippen molar-refractivity contribution in [3.63, 3.8) is 0 Å². The van der Waals surface area contributed by atoms with Crippen molar-refractivity contribution in [2.24, 2.45) is 0 Å². The van der Waals surface area contributed by atoms with Crippen molar-refractivity contribution >= 4 is 32.4 Å². The zero-order valence-corrected chi connectivity index (χ0v) is 17.5. The first-order valence-corrected chi connectivity index (χ1v) is 10.7. The quantitative estimate of drug-likeness (QED) is 0.596. The van der Waals surface area contributed by atoms with E-state index in [9.17, 15) is 13.2 Å². The lowest BCUT2D eigenvalue weighted by atomic mass is 10.1. The molecule has 0 heterocycles. The van der Waals surface area contributed by atoms with E-state index in [1.807, 2.05) is 49.4 Å². The Labute approximate surface area is 171 Å². The smallest absolute Gasteiger partial charge is 0.243 e. The molecule has 0 radical (unpaired) electrons. The monoisotopic (exact) mass is 412 g/mol. The topological polar surface area (TPSA) is 66.9 Å². The van der Waals surface area contributed by atoms with Gasteiger partial charge in [-0.15, -0.1) is 0 Å². The number of hydrogen-bond acceptors (Lipinski definition) is 4. The first kappa shape index (κ1) is 20.8. The third-order valence-corrected chi connectivity index (χ3v) is 6.62. The van der Waals surface area contributed by atoms with Crippen LogP contribution in [0.2, 0.25) is 0 Å². The molecule has 0 N–H and O–H groups in total. The first-order valence-electron chi connectivity index (χ1n) is 9.27. The van der Waals surface area contributed by atoms with Crippen LogP contribution in [0.15, 0.2) is 71.6 Å². The molecule has 0 spiro atoms. The number of likely N-dealkylation sites (N-methyl/N-ethyl adjacent to an activating group) is 2. The number of sulfonamides is 1. The number of ether oxygens (including phenoxy) is 1. The van der Waals surface area contributed by atoms with Gasteiger partial charge in [0.2, 0.25) is 15.9 Å². The van der Waals surface area contributed by atoms with Gasteiger partial charge in [-0.25, -0.2) is 8.42 Å². The number of benzene rings is 3. The van der Waals surface area contributed by atoms with Gasteiger partial charge in [0.05, 0.1) is 24.2 Å². The summed E-state index contributed by atoms with van der Waals surface area (Å²) >= 11 is 0. The van der Waals surface area contributed by atoms with E-state index in [0.717, 1.165) is 20.8 Å². The molecule has 3 aromatic carbocycles. The van der Waals surface area contributed by atoms with Crippen LogP contribution in [0.25, 0.3) is 10.8 Å². The van der Waals surface area contributed by atoms with Gasteiger partial charge in [0.1, 0.15) is 5.75 Å². The molecule has 0 atom stereocenters. The fourth-order valence-electron chi connectivity index (χ4n) is 3.21. The molecule has 3 rings (SSSR count). The van der Waals surface area contributed by atoms with Crippen molar-refractivity contribution < 1.29 is 17.9 Å². The largest absolute Gasteiger partial charge is 0.497 e. The minimum Gasteiger partial charge on any atom is -0.497 e. The van der Waals surface area contributed by atoms with Crippen LogP contribution in [0, 0.1) is 0 Å². The van der Waals surface area contributed by atoms with E-state index in [2.05, 4.69) is 0 Å². The molecule has 1 amide bonds. The second-order valence-electron chi connectivity index (χ2n) is 6.57. The van der Waals surface area contributed by atoms with E-state index >= 15 is 0 Å². The average Bonchev–Trinajstić information content (AvgIpc) is 2.74. The minimum atomic E-state index is -3.80. The normalized spacial score (nSPS) is 11.6. The van der Waals surface area contributed by atoms with E-state index in [4.69, 9.17) is 4.74 Å². The molecule has 152 valence electrons. The standard InChI is InChI=1S/C22H24N2O4S/c1-4-24(21-11-7-9-17-8-5-6-10-20(17)21)22(25)16-23(2)29(26,27)19-14-12-18(28-3)13-15-19/h5-15H,4,16H2,1-3H3. The summed E-state index contributed by atoms with van der Waals surface area (Å²) in [5.74, 6) is 0.277. The number of fused-ring (bicyclic) bond motifs is 1. The first-order chi connectivity index (χ1) is 13.9. The van der Waals surface area contributed by atoms with Crippen molar-refractivity contribution in [3.05, 3.63) is 66.7 Å². The zero-order chi connectivity index (χ0) is 21.0. The number of nitrogens with zero attached hydrogens (tertiary/aromatic N) is 2. The highest BCUT2D eigenvalue weighted by atomic mass is 32.2. The summed E-state index contributed by atoms with van der Waals surface area (Å²) < 4.78 is 31.8. The van der Waals surface area contributed by atoms with Crippen LogP contribution in [0.1, 0.15) is 6.92 Å². The van der Waals surface area contributed by atoms with Gasteiger partial charge in [0.25, 0.3) is 0 Å². The van der Waals surface area contributed by atoms with Gasteiger partial charge in [0.15, 0.2) is 0 Å². The van der Waals surface area contributed by atoms with Crippen molar-refractivity contribution in [1.29, 1.82) is 0 Å². The van der Waals surface area contributed by atoms with E-state index in [1.165, 1.54) is 26.3 Å². The molecular formula is C22H24N2O4S. The molecule has 29 heavy (non-hydrogen) atoms. The van der Waals surface area contributed by atoms with Crippen molar-refractivity contribution in [3.8, 4) is 5.75 Å². The summed E-state index contributed by atoms with van der Waals surface area (Å²) in [6.07, 6.45) is 0. The molecule has 0 fully saturated rings. The Morgan fingerprint density at radius 1 is 0.966 bits per heavy atom. The predicted octanol–water partition coefficient (Wildman–Crippen LogP) is 3.52. The number of hydrogen-bond donors (Lipinski definition) is 0. The summed E-state index contributed by atoms with van der Waals surface area (Å²) in [6.45, 7) is 2.05. The number of rotatable bonds is 7. The van der Waals surface area contributed by atoms with E-state index in [1.54, 1.807) is 17.0 Å². The third kappa shape index (κ3) is 4.26. The zero-order valence-electron chi connectivity index (χ0n) is 16.7. The Morgan fingerprint density at radius 2 is 1.62 bits per heavy atom. The van der Waals surface area contributed by atoms with Crippen LogP contribution in [0.5, 0.6) is 5.75 Å². The predicted molar refractivity (Wildman–Crippen MR) is 115 cm³/mol. The molecule has 7 heteroatoms. The van der Waals surface area contributed by atoms with Gasteiger partial charge < -0.3 is 9.64 Å². The van der Waals surface area contributed by atoms with Crippen LogP contribution in [0.4, 0.5) is 5.69 Å². The van der Waals surface area contributed by atoms with Crippen LogP contribution in [0.3, 0.4) is 0 Å². The lowest BCUT2D eigenvalue weighted by Gasteiger charge is -2.25. The van der Waals surface area contributed by atoms with Crippen molar-refractivity contribution in [2.45, 2.75) is 11.8 Å². The van der Waals surface area contributed by atoms with Crippen LogP contribution < -0.4 is 9.64 Å². The molecule has 6 nitrogen and oxygen atoms in total. The maximum absolute atomic E-state index is 13.0. The summed E-state index contributed by atoms with van der Waals surface area (Å²) in [6, 6.07) is 19.7. The Kier molecular flexibility index (Phi) is 6.20. The molecule has 0 saturated carbocycles. The van der Waals surface area contributed by atoms with Crippen molar-refractivity contribution in [2.75, 3.05) is 32.1 Å². The molecule has 0 aliphatic rings. The molecule has 0 aliphatic carbocycles. The number of carbonyl (C=O) groups excluding carboxylic acids is 1. The Hall–Kier alpha value is -2.90. The van der Waals surface area contributed by atoms with E-state index < -0.39 is 10.0 Å². The Bertz CT molecular complexity index is 1110. The van der Waals surface area contributed by atoms with Crippen LogP contribution in [-0.2, 0) is 14.8 Å². The maximum Gasteiger partial charge on any atom is 0.243 e. The Morgan fingerprint density at radius 3 is 2.28 bits per heavy atom. The highest BCUT2D eigenvalue weighted by Gasteiger charge is 2.26. The fourth-order valence-corrected chi connectivity index (χ4v) is 4.33. The van der Waals surface area contributed by atoms with Crippen LogP contribution in [-0.4, -0.2) is 45.9 Å². The van der Waals surface area contributed by atoms with Gasteiger partial charge in [0, 0.05) is 19.0 Å². The molecule has 0 bridgehead atoms. The summed E-state index contributed by atoms with van der Waals surface area (Å²) in [5.41, 5.74) is 0.769. The van der Waals surface area contributed by atoms with E-state index in [-0.39, 0.29) is 17.3 Å². The highest BCUT2D eigenvalue weighted by molar-refractivity contribution is 7.89. The SMILES string of the molecule is CCN(C(=O)CN(C)S(=O)(=O)c1ccc(OC)cc1)c1cccc2ccccc12. The molecule has 0 unspecified atom stereocenters. The van der Waals surface area contributed by atoms with Gasteiger partial charge in [-0.3, -0.25) is 4.79 Å². The molecule has 3 aromatic rings. The highest BCUT2D eigenvalue weighted by Crippen LogP contribution is 2.27. The summed E-state index contributed by atoms with van der Waals surface area (Å²) in [5, 5.41) is 1.97. The van der Waals surface area contributed by atoms with Gasteiger partial charge >= 0.3 is 0 Å². The van der Waals surface area contributed by atoms with Gasteiger partial charge in [-0.05, 0) is 42.6 Å². The van der Waals surface area contributed by atoms with Crippen LogP contribution >= 0.6 is 0 Å². The number of methoxy groups -OCH3 is 1. The van der Waals surface area contributed by atoms with Gasteiger partial charge in [-0.1, -0.05) is 36.4 Å².